The molecule has 2 nitrogen and oxygen atoms in total. The van der Waals surface area contributed by atoms with Gasteiger partial charge in [0.1, 0.15) is 17.4 Å². The quantitative estimate of drug-likeness (QED) is 0.776. The normalized spacial score (nSPS) is 10.3. The topological polar surface area (TPSA) is 22.1 Å². The highest BCUT2D eigenvalue weighted by Crippen LogP contribution is 2.22. The van der Waals surface area contributed by atoms with Gasteiger partial charge < -0.3 is 4.74 Å². The second kappa shape index (κ2) is 5.10. The molecule has 0 aliphatic rings. The predicted molar refractivity (Wildman–Crippen MR) is 60.2 cm³/mol. The molecule has 17 heavy (non-hydrogen) atoms. The fourth-order valence-electron chi connectivity index (χ4n) is 1.30. The monoisotopic (exact) mass is 255 g/mol. The Morgan fingerprint density at radius 2 is 1.82 bits per heavy atom. The van der Waals surface area contributed by atoms with Crippen LogP contribution >= 0.6 is 11.6 Å². The number of aromatic nitrogens is 1. The number of ether oxygens (including phenoxy) is 1. The van der Waals surface area contributed by atoms with Crippen LogP contribution in [0.4, 0.5) is 8.78 Å². The number of rotatable bonds is 3. The summed E-state index contributed by atoms with van der Waals surface area (Å²) in [4.78, 5) is 4.05. The van der Waals surface area contributed by atoms with Gasteiger partial charge in [0.15, 0.2) is 0 Å². The van der Waals surface area contributed by atoms with Crippen molar-refractivity contribution in [3.05, 3.63) is 53.7 Å². The van der Waals surface area contributed by atoms with Crippen LogP contribution in [0.2, 0.25) is 0 Å². The Morgan fingerprint density at radius 3 is 2.47 bits per heavy atom. The minimum Gasteiger partial charge on any atom is -0.439 e. The van der Waals surface area contributed by atoms with Crippen LogP contribution in [0.5, 0.6) is 11.6 Å². The predicted octanol–water partition coefficient (Wildman–Crippen LogP) is 3.89. The standard InChI is InChI=1S/C12H8ClF2NO/c13-7-10-2-1-3-12(16-10)17-11-5-8(14)4-9(15)6-11/h1-6H,7H2. The lowest BCUT2D eigenvalue weighted by molar-refractivity contribution is 0.450. The third-order valence-electron chi connectivity index (χ3n) is 1.98. The van der Waals surface area contributed by atoms with Crippen molar-refractivity contribution in [3.8, 4) is 11.6 Å². The molecule has 0 saturated heterocycles. The fourth-order valence-corrected chi connectivity index (χ4v) is 1.45. The zero-order chi connectivity index (χ0) is 12.3. The molecule has 2 rings (SSSR count). The summed E-state index contributed by atoms with van der Waals surface area (Å²) >= 11 is 5.61. The number of hydrogen-bond acceptors (Lipinski definition) is 2. The first-order chi connectivity index (χ1) is 8.17. The van der Waals surface area contributed by atoms with Gasteiger partial charge in [-0.1, -0.05) is 6.07 Å². The molecule has 0 radical (unpaired) electrons. The van der Waals surface area contributed by atoms with Crippen molar-refractivity contribution in [2.24, 2.45) is 0 Å². The van der Waals surface area contributed by atoms with Gasteiger partial charge in [0.05, 0.1) is 11.6 Å². The molecule has 0 atom stereocenters. The molecule has 0 saturated carbocycles. The first-order valence-electron chi connectivity index (χ1n) is 4.83. The van der Waals surface area contributed by atoms with Crippen LogP contribution in [0.1, 0.15) is 5.69 Å². The molecule has 0 spiro atoms. The Labute approximate surface area is 102 Å². The van der Waals surface area contributed by atoms with E-state index in [1.165, 1.54) is 0 Å². The molecule has 0 aliphatic heterocycles. The minimum absolute atomic E-state index is 0.0572. The molecule has 1 aromatic carbocycles. The van der Waals surface area contributed by atoms with Gasteiger partial charge in [0, 0.05) is 24.3 Å². The van der Waals surface area contributed by atoms with Crippen LogP contribution in [0.3, 0.4) is 0 Å². The van der Waals surface area contributed by atoms with E-state index in [0.29, 0.717) is 5.69 Å². The lowest BCUT2D eigenvalue weighted by atomic mass is 10.3. The Morgan fingerprint density at radius 1 is 1.12 bits per heavy atom. The molecule has 0 aliphatic carbocycles. The van der Waals surface area contributed by atoms with Gasteiger partial charge in [0.25, 0.3) is 0 Å². The molecule has 0 amide bonds. The third-order valence-corrected chi connectivity index (χ3v) is 2.25. The van der Waals surface area contributed by atoms with Gasteiger partial charge in [0.2, 0.25) is 5.88 Å². The molecule has 0 fully saturated rings. The SMILES string of the molecule is Fc1cc(F)cc(Oc2cccc(CCl)n2)c1. The van der Waals surface area contributed by atoms with Gasteiger partial charge in [-0.15, -0.1) is 11.6 Å². The molecule has 2 aromatic rings. The maximum Gasteiger partial charge on any atom is 0.219 e. The number of benzene rings is 1. The van der Waals surface area contributed by atoms with Crippen LogP contribution < -0.4 is 4.74 Å². The van der Waals surface area contributed by atoms with Crippen molar-refractivity contribution >= 4 is 11.6 Å². The van der Waals surface area contributed by atoms with Crippen molar-refractivity contribution in [2.45, 2.75) is 5.88 Å². The molecule has 0 bridgehead atoms. The summed E-state index contributed by atoms with van der Waals surface area (Å²) in [7, 11) is 0. The summed E-state index contributed by atoms with van der Waals surface area (Å²) in [6.07, 6.45) is 0. The Bertz CT molecular complexity index is 513. The first-order valence-corrected chi connectivity index (χ1v) is 5.36. The number of halogens is 3. The number of hydrogen-bond donors (Lipinski definition) is 0. The second-order valence-electron chi connectivity index (χ2n) is 3.31. The van der Waals surface area contributed by atoms with E-state index in [-0.39, 0.29) is 17.5 Å². The molecule has 88 valence electrons. The Balaban J connectivity index is 2.24. The van der Waals surface area contributed by atoms with Crippen LogP contribution in [-0.2, 0) is 5.88 Å². The molecule has 1 aromatic heterocycles. The zero-order valence-corrected chi connectivity index (χ0v) is 9.42. The van der Waals surface area contributed by atoms with E-state index in [2.05, 4.69) is 4.98 Å². The Hall–Kier alpha value is -1.68. The maximum absolute atomic E-state index is 12.9. The highest BCUT2D eigenvalue weighted by molar-refractivity contribution is 6.16. The van der Waals surface area contributed by atoms with Crippen LogP contribution in [0, 0.1) is 11.6 Å². The van der Waals surface area contributed by atoms with Crippen LogP contribution in [-0.4, -0.2) is 4.98 Å². The van der Waals surface area contributed by atoms with Gasteiger partial charge in [-0.05, 0) is 6.07 Å². The van der Waals surface area contributed by atoms with Gasteiger partial charge >= 0.3 is 0 Å². The summed E-state index contributed by atoms with van der Waals surface area (Å²) in [6.45, 7) is 0. The van der Waals surface area contributed by atoms with E-state index in [1.807, 2.05) is 0 Å². The summed E-state index contributed by atoms with van der Waals surface area (Å²) in [5, 5.41) is 0. The summed E-state index contributed by atoms with van der Waals surface area (Å²) in [5.41, 5.74) is 0.626. The van der Waals surface area contributed by atoms with E-state index in [1.54, 1.807) is 18.2 Å². The lowest BCUT2D eigenvalue weighted by Crippen LogP contribution is -1.92. The number of alkyl halides is 1. The molecular weight excluding hydrogens is 248 g/mol. The highest BCUT2D eigenvalue weighted by Gasteiger charge is 2.04. The molecule has 0 unspecified atom stereocenters. The molecule has 5 heteroatoms. The second-order valence-corrected chi connectivity index (χ2v) is 3.58. The maximum atomic E-state index is 12.9. The van der Waals surface area contributed by atoms with Crippen molar-refractivity contribution in [1.82, 2.24) is 4.98 Å². The smallest absolute Gasteiger partial charge is 0.219 e. The van der Waals surface area contributed by atoms with Crippen LogP contribution in [0.15, 0.2) is 36.4 Å². The lowest BCUT2D eigenvalue weighted by Gasteiger charge is -2.05. The Kier molecular flexibility index (Phi) is 3.54. The first kappa shape index (κ1) is 11.8. The van der Waals surface area contributed by atoms with Gasteiger partial charge in [-0.25, -0.2) is 13.8 Å². The summed E-state index contributed by atoms with van der Waals surface area (Å²) in [5.74, 6) is -0.855. The zero-order valence-electron chi connectivity index (χ0n) is 8.66. The van der Waals surface area contributed by atoms with Crippen molar-refractivity contribution in [2.75, 3.05) is 0 Å². The molecular formula is C12H8ClF2NO. The average Bonchev–Trinajstić information content (AvgIpc) is 2.28. The van der Waals surface area contributed by atoms with Crippen LogP contribution in [0.25, 0.3) is 0 Å². The summed E-state index contributed by atoms with van der Waals surface area (Å²) < 4.78 is 31.1. The molecule has 0 N–H and O–H groups in total. The van der Waals surface area contributed by atoms with E-state index in [0.717, 1.165) is 18.2 Å². The fraction of sp³-hybridized carbons (Fsp3) is 0.0833. The third kappa shape index (κ3) is 3.14. The highest BCUT2D eigenvalue weighted by atomic mass is 35.5. The van der Waals surface area contributed by atoms with E-state index in [9.17, 15) is 8.78 Å². The van der Waals surface area contributed by atoms with E-state index < -0.39 is 11.6 Å². The van der Waals surface area contributed by atoms with Crippen molar-refractivity contribution in [1.29, 1.82) is 0 Å². The number of pyridine rings is 1. The summed E-state index contributed by atoms with van der Waals surface area (Å²) in [6, 6.07) is 7.95. The number of nitrogens with zero attached hydrogens (tertiary/aromatic N) is 1. The van der Waals surface area contributed by atoms with E-state index >= 15 is 0 Å². The van der Waals surface area contributed by atoms with Crippen molar-refractivity contribution in [3.63, 3.8) is 0 Å². The minimum atomic E-state index is -0.700. The average molecular weight is 256 g/mol. The molecule has 1 heterocycles. The van der Waals surface area contributed by atoms with Crippen molar-refractivity contribution < 1.29 is 13.5 Å². The van der Waals surface area contributed by atoms with Gasteiger partial charge in [-0.3, -0.25) is 0 Å². The van der Waals surface area contributed by atoms with E-state index in [4.69, 9.17) is 16.3 Å². The largest absolute Gasteiger partial charge is 0.439 e. The van der Waals surface area contributed by atoms with Gasteiger partial charge in [-0.2, -0.15) is 0 Å².